The first-order valence-corrected chi connectivity index (χ1v) is 12.1. The van der Waals surface area contributed by atoms with Crippen molar-refractivity contribution in [2.75, 3.05) is 18.5 Å². The molecule has 0 unspecified atom stereocenters. The van der Waals surface area contributed by atoms with Gasteiger partial charge in [-0.3, -0.25) is 4.79 Å². The number of benzene rings is 4. The lowest BCUT2D eigenvalue weighted by Crippen LogP contribution is -2.23. The monoisotopic (exact) mass is 490 g/mol. The van der Waals surface area contributed by atoms with Crippen molar-refractivity contribution in [1.82, 2.24) is 14.3 Å². The molecule has 1 heterocycles. The second-order valence-corrected chi connectivity index (χ2v) is 8.31. The van der Waals surface area contributed by atoms with Gasteiger partial charge in [0.05, 0.1) is 18.0 Å². The molecule has 0 amide bonds. The Balaban J connectivity index is 1.61. The predicted molar refractivity (Wildman–Crippen MR) is 145 cm³/mol. The molecule has 0 radical (unpaired) electrons. The molecule has 0 atom stereocenters. The third-order valence-electron chi connectivity index (χ3n) is 5.87. The number of aromatic nitrogens is 3. The van der Waals surface area contributed by atoms with Gasteiger partial charge in [-0.25, -0.2) is 9.36 Å². The number of hydrogen-bond acceptors (Lipinski definition) is 5. The first-order chi connectivity index (χ1) is 18.2. The van der Waals surface area contributed by atoms with Crippen molar-refractivity contribution < 1.29 is 9.53 Å². The molecular formula is C30H26N4O3. The number of carbonyl (C=O) groups excluding carboxylic acids is 1. The molecule has 0 aliphatic carbocycles. The van der Waals surface area contributed by atoms with Gasteiger partial charge in [0.15, 0.2) is 5.82 Å². The fourth-order valence-corrected chi connectivity index (χ4v) is 4.19. The maximum atomic E-state index is 13.9. The van der Waals surface area contributed by atoms with E-state index in [0.29, 0.717) is 18.1 Å². The number of nitrogens with zero attached hydrogens (tertiary/aromatic N) is 3. The normalized spacial score (nSPS) is 10.7. The van der Waals surface area contributed by atoms with Gasteiger partial charge < -0.3 is 10.1 Å². The molecular weight excluding hydrogens is 464 g/mol. The van der Waals surface area contributed by atoms with E-state index in [1.165, 1.54) is 4.68 Å². The maximum absolute atomic E-state index is 13.9. The number of rotatable bonds is 8. The first kappa shape index (κ1) is 23.8. The van der Waals surface area contributed by atoms with E-state index in [1.807, 2.05) is 109 Å². The summed E-state index contributed by atoms with van der Waals surface area (Å²) < 4.78 is 8.08. The molecule has 1 aromatic heterocycles. The molecule has 4 aromatic carbocycles. The number of hydrogen-bond donors (Lipinski definition) is 1. The Hall–Kier alpha value is -4.91. The van der Waals surface area contributed by atoms with E-state index in [1.54, 1.807) is 11.5 Å². The van der Waals surface area contributed by atoms with Crippen LogP contribution in [0, 0.1) is 0 Å². The highest BCUT2D eigenvalue weighted by Gasteiger charge is 2.19. The molecule has 7 nitrogen and oxygen atoms in total. The average molecular weight is 491 g/mol. The Morgan fingerprint density at radius 1 is 0.838 bits per heavy atom. The van der Waals surface area contributed by atoms with E-state index in [-0.39, 0.29) is 18.2 Å². The van der Waals surface area contributed by atoms with Crippen LogP contribution >= 0.6 is 0 Å². The summed E-state index contributed by atoms with van der Waals surface area (Å²) in [5.74, 6) is 0.233. The van der Waals surface area contributed by atoms with Crippen molar-refractivity contribution in [1.29, 1.82) is 0 Å². The number of nitrogens with one attached hydrogen (secondary N) is 1. The molecule has 184 valence electrons. The quantitative estimate of drug-likeness (QED) is 0.298. The molecule has 1 N–H and O–H groups in total. The molecule has 0 aliphatic heterocycles. The number of carbonyl (C=O) groups is 1. The van der Waals surface area contributed by atoms with Crippen LogP contribution in [-0.2, 0) is 9.53 Å². The molecule has 0 bridgehead atoms. The van der Waals surface area contributed by atoms with Crippen LogP contribution in [0.2, 0.25) is 0 Å². The van der Waals surface area contributed by atoms with Crippen LogP contribution in [-0.4, -0.2) is 33.5 Å². The molecule has 0 saturated heterocycles. The molecule has 37 heavy (non-hydrogen) atoms. The van der Waals surface area contributed by atoms with Crippen molar-refractivity contribution in [3.63, 3.8) is 0 Å². The second kappa shape index (κ2) is 10.8. The largest absolute Gasteiger partial charge is 0.465 e. The van der Waals surface area contributed by atoms with Crippen LogP contribution in [0.3, 0.4) is 0 Å². The molecule has 5 rings (SSSR count). The van der Waals surface area contributed by atoms with Gasteiger partial charge in [0.2, 0.25) is 0 Å². The van der Waals surface area contributed by atoms with Gasteiger partial charge in [-0.15, -0.1) is 5.10 Å². The number of ether oxygens (including phenoxy) is 1. The zero-order valence-electron chi connectivity index (χ0n) is 20.4. The van der Waals surface area contributed by atoms with Crippen molar-refractivity contribution in [2.24, 2.45) is 0 Å². The Morgan fingerprint density at radius 2 is 1.51 bits per heavy atom. The minimum atomic E-state index is -0.320. The summed E-state index contributed by atoms with van der Waals surface area (Å²) in [6.45, 7) is 2.18. The Morgan fingerprint density at radius 3 is 2.27 bits per heavy atom. The molecule has 7 heteroatoms. The predicted octanol–water partition coefficient (Wildman–Crippen LogP) is 5.33. The summed E-state index contributed by atoms with van der Waals surface area (Å²) in [6.07, 6.45) is 0. The van der Waals surface area contributed by atoms with Crippen LogP contribution < -0.4 is 11.0 Å². The summed E-state index contributed by atoms with van der Waals surface area (Å²) >= 11 is 0. The summed E-state index contributed by atoms with van der Waals surface area (Å²) in [7, 11) is 0. The molecule has 5 aromatic rings. The Labute approximate surface area is 214 Å². The number of para-hydroxylation sites is 2. The zero-order chi connectivity index (χ0) is 25.6. The van der Waals surface area contributed by atoms with Gasteiger partial charge in [0.1, 0.15) is 6.54 Å². The summed E-state index contributed by atoms with van der Waals surface area (Å²) in [5.41, 5.74) is 4.45. The highest BCUT2D eigenvalue weighted by atomic mass is 16.5. The topological polar surface area (TPSA) is 78.2 Å². The van der Waals surface area contributed by atoms with Crippen molar-refractivity contribution in [2.45, 2.75) is 6.92 Å². The van der Waals surface area contributed by atoms with E-state index in [9.17, 15) is 9.59 Å². The van der Waals surface area contributed by atoms with Gasteiger partial charge in [-0.1, -0.05) is 78.9 Å². The average Bonchev–Trinajstić information content (AvgIpc) is 3.30. The smallest absolute Gasteiger partial charge is 0.355 e. The standard InChI is InChI=1S/C30H26N4O3/c1-2-37-28(35)21-31-24-15-11-14-23(20-24)26-18-9-10-19-27(26)34-30(36)33(25-16-7-4-8-17-25)29(32-34)22-12-5-3-6-13-22/h3-20,31H,2,21H2,1H3. The Kier molecular flexibility index (Phi) is 6.94. The van der Waals surface area contributed by atoms with E-state index < -0.39 is 0 Å². The fraction of sp³-hybridized carbons (Fsp3) is 0.100. The van der Waals surface area contributed by atoms with Crippen molar-refractivity contribution in [3.8, 4) is 33.9 Å². The fourth-order valence-electron chi connectivity index (χ4n) is 4.19. The Bertz CT molecular complexity index is 1570. The number of anilines is 1. The SMILES string of the molecule is CCOC(=O)CNc1cccc(-c2ccccc2-n2nc(-c3ccccc3)n(-c3ccccc3)c2=O)c1. The van der Waals surface area contributed by atoms with Crippen LogP contribution in [0.15, 0.2) is 114 Å². The maximum Gasteiger partial charge on any atom is 0.355 e. The van der Waals surface area contributed by atoms with Crippen LogP contribution in [0.4, 0.5) is 5.69 Å². The van der Waals surface area contributed by atoms with Crippen molar-refractivity contribution >= 4 is 11.7 Å². The summed E-state index contributed by atoms with van der Waals surface area (Å²) in [4.78, 5) is 25.6. The minimum absolute atomic E-state index is 0.0698. The minimum Gasteiger partial charge on any atom is -0.465 e. The lowest BCUT2D eigenvalue weighted by Gasteiger charge is -2.11. The van der Waals surface area contributed by atoms with Gasteiger partial charge >= 0.3 is 11.7 Å². The third kappa shape index (κ3) is 5.06. The van der Waals surface area contributed by atoms with Gasteiger partial charge in [0.25, 0.3) is 0 Å². The molecule has 0 fully saturated rings. The van der Waals surface area contributed by atoms with Crippen LogP contribution in [0.1, 0.15) is 6.92 Å². The summed E-state index contributed by atoms with van der Waals surface area (Å²) in [6, 6.07) is 34.5. The molecule has 0 spiro atoms. The second-order valence-electron chi connectivity index (χ2n) is 8.31. The summed E-state index contributed by atoms with van der Waals surface area (Å²) in [5, 5.41) is 7.91. The lowest BCUT2D eigenvalue weighted by atomic mass is 10.0. The van der Waals surface area contributed by atoms with Crippen LogP contribution in [0.5, 0.6) is 0 Å². The van der Waals surface area contributed by atoms with E-state index in [4.69, 9.17) is 9.84 Å². The lowest BCUT2D eigenvalue weighted by molar-refractivity contribution is -0.140. The van der Waals surface area contributed by atoms with Crippen molar-refractivity contribution in [3.05, 3.63) is 120 Å². The van der Waals surface area contributed by atoms with E-state index >= 15 is 0 Å². The van der Waals surface area contributed by atoms with E-state index in [2.05, 4.69) is 5.32 Å². The van der Waals surface area contributed by atoms with Crippen LogP contribution in [0.25, 0.3) is 33.9 Å². The molecule has 0 aliphatic rings. The zero-order valence-corrected chi connectivity index (χ0v) is 20.4. The van der Waals surface area contributed by atoms with E-state index in [0.717, 1.165) is 28.1 Å². The highest BCUT2D eigenvalue weighted by molar-refractivity contribution is 5.78. The number of esters is 1. The van der Waals surface area contributed by atoms with Gasteiger partial charge in [-0.2, -0.15) is 4.68 Å². The van der Waals surface area contributed by atoms with Gasteiger partial charge in [-0.05, 0) is 42.8 Å². The first-order valence-electron chi connectivity index (χ1n) is 12.1. The highest BCUT2D eigenvalue weighted by Crippen LogP contribution is 2.29. The third-order valence-corrected chi connectivity index (χ3v) is 5.87. The van der Waals surface area contributed by atoms with Gasteiger partial charge in [0, 0.05) is 16.8 Å². The molecule has 0 saturated carbocycles.